The summed E-state index contributed by atoms with van der Waals surface area (Å²) in [6.45, 7) is 3.60. The van der Waals surface area contributed by atoms with E-state index < -0.39 is 32.5 Å². The molecular formula is C43H81O8P. The van der Waals surface area contributed by atoms with Gasteiger partial charge in [0.05, 0.1) is 6.61 Å². The van der Waals surface area contributed by atoms with Crippen LogP contribution in [-0.4, -0.2) is 41.0 Å². The number of ether oxygens (including phenoxy) is 2. The van der Waals surface area contributed by atoms with Crippen LogP contribution in [0.15, 0.2) is 24.3 Å². The molecule has 2 N–H and O–H groups in total. The van der Waals surface area contributed by atoms with Crippen molar-refractivity contribution >= 4 is 19.8 Å². The largest absolute Gasteiger partial charge is 0.469 e. The van der Waals surface area contributed by atoms with Crippen LogP contribution in [0.5, 0.6) is 0 Å². The molecule has 0 aliphatic heterocycles. The third kappa shape index (κ3) is 41.3. The molecule has 0 amide bonds. The molecular weight excluding hydrogens is 675 g/mol. The van der Waals surface area contributed by atoms with Crippen LogP contribution in [0.25, 0.3) is 0 Å². The number of hydrogen-bond acceptors (Lipinski definition) is 6. The summed E-state index contributed by atoms with van der Waals surface area (Å²) in [4.78, 5) is 42.7. The molecule has 306 valence electrons. The average Bonchev–Trinajstić information content (AvgIpc) is 3.11. The molecule has 8 nitrogen and oxygen atoms in total. The second-order valence-corrected chi connectivity index (χ2v) is 16.0. The maximum Gasteiger partial charge on any atom is 0.469 e. The quantitative estimate of drug-likeness (QED) is 0.0208. The van der Waals surface area contributed by atoms with Crippen LogP contribution >= 0.6 is 7.82 Å². The molecule has 0 rings (SSSR count). The first kappa shape index (κ1) is 50.5. The number of phosphoric ester groups is 1. The third-order valence-corrected chi connectivity index (χ3v) is 10.1. The number of phosphoric acid groups is 1. The van der Waals surface area contributed by atoms with E-state index >= 15 is 0 Å². The van der Waals surface area contributed by atoms with E-state index in [0.29, 0.717) is 6.42 Å². The fourth-order valence-corrected chi connectivity index (χ4v) is 6.71. The van der Waals surface area contributed by atoms with Crippen molar-refractivity contribution in [2.24, 2.45) is 0 Å². The van der Waals surface area contributed by atoms with Gasteiger partial charge in [-0.3, -0.25) is 9.32 Å². The summed E-state index contributed by atoms with van der Waals surface area (Å²) in [5.41, 5.74) is 0. The van der Waals surface area contributed by atoms with Gasteiger partial charge in [-0.05, 0) is 19.3 Å². The standard InChI is InChI=1S/C43H81O8P/c1-3-5-7-9-11-13-15-17-19-20-21-22-24-26-28-30-32-34-36-38-43(45)51-41(40-50-52(46,47)48)39-49-42(44)37-35-33-31-29-27-25-23-18-16-14-12-10-8-6-4-2/h31,33,35,37,41H,3-30,32,34,36,38-40H2,1-2H3,(H2,46,47,48)/b33-31+,37-35+/t41-/m1/s1. The van der Waals surface area contributed by atoms with Crippen molar-refractivity contribution in [2.75, 3.05) is 13.2 Å². The van der Waals surface area contributed by atoms with Crippen molar-refractivity contribution < 1.29 is 37.9 Å². The fraction of sp³-hybridized carbons (Fsp3) is 0.860. The van der Waals surface area contributed by atoms with Gasteiger partial charge in [-0.1, -0.05) is 212 Å². The van der Waals surface area contributed by atoms with Crippen LogP contribution in [0, 0.1) is 0 Å². The molecule has 52 heavy (non-hydrogen) atoms. The number of carbonyl (C=O) groups is 2. The van der Waals surface area contributed by atoms with Crippen LogP contribution in [0.3, 0.4) is 0 Å². The number of carbonyl (C=O) groups excluding carboxylic acids is 2. The van der Waals surface area contributed by atoms with Gasteiger partial charge in [0, 0.05) is 12.5 Å². The molecule has 9 heteroatoms. The predicted octanol–water partition coefficient (Wildman–Crippen LogP) is 13.2. The zero-order chi connectivity index (χ0) is 38.2. The van der Waals surface area contributed by atoms with E-state index in [2.05, 4.69) is 18.4 Å². The zero-order valence-electron chi connectivity index (χ0n) is 33.7. The third-order valence-electron chi connectivity index (χ3n) is 9.58. The van der Waals surface area contributed by atoms with Gasteiger partial charge in [0.15, 0.2) is 6.10 Å². The molecule has 0 aromatic carbocycles. The normalized spacial score (nSPS) is 12.6. The van der Waals surface area contributed by atoms with E-state index in [1.54, 1.807) is 6.08 Å². The molecule has 0 bridgehead atoms. The lowest BCUT2D eigenvalue weighted by atomic mass is 10.0. The Hall–Kier alpha value is -1.47. The van der Waals surface area contributed by atoms with Crippen molar-refractivity contribution in [3.05, 3.63) is 24.3 Å². The van der Waals surface area contributed by atoms with Gasteiger partial charge in [-0.25, -0.2) is 9.36 Å². The van der Waals surface area contributed by atoms with Crippen LogP contribution in [-0.2, 0) is 28.2 Å². The van der Waals surface area contributed by atoms with Gasteiger partial charge in [0.1, 0.15) is 6.61 Å². The lowest BCUT2D eigenvalue weighted by molar-refractivity contribution is -0.159. The monoisotopic (exact) mass is 757 g/mol. The highest BCUT2D eigenvalue weighted by atomic mass is 31.2. The van der Waals surface area contributed by atoms with E-state index in [1.807, 2.05) is 12.2 Å². The number of allylic oxidation sites excluding steroid dienone is 3. The van der Waals surface area contributed by atoms with E-state index in [1.165, 1.54) is 167 Å². The zero-order valence-corrected chi connectivity index (χ0v) is 34.6. The minimum absolute atomic E-state index is 0.197. The lowest BCUT2D eigenvalue weighted by Crippen LogP contribution is -2.29. The topological polar surface area (TPSA) is 119 Å². The number of esters is 2. The van der Waals surface area contributed by atoms with Gasteiger partial charge in [-0.15, -0.1) is 0 Å². The van der Waals surface area contributed by atoms with E-state index in [0.717, 1.165) is 32.1 Å². The Bertz CT molecular complexity index is 900. The Morgan fingerprint density at radius 1 is 0.538 bits per heavy atom. The highest BCUT2D eigenvalue weighted by Gasteiger charge is 2.22. The molecule has 1 atom stereocenters. The van der Waals surface area contributed by atoms with E-state index in [9.17, 15) is 14.2 Å². The molecule has 0 aliphatic rings. The Kier molecular flexibility index (Phi) is 38.1. The maximum atomic E-state index is 12.4. The number of hydrogen-bond donors (Lipinski definition) is 2. The number of rotatable bonds is 40. The second-order valence-electron chi connectivity index (χ2n) is 14.8. The molecule has 0 radical (unpaired) electrons. The SMILES string of the molecule is CCCCCCCCCCCCC/C=C/C=C/C(=O)OC[C@H](COP(=O)(O)O)OC(=O)CCCCCCCCCCCCCCCCCCCCC. The van der Waals surface area contributed by atoms with Gasteiger partial charge >= 0.3 is 19.8 Å². The molecule has 0 saturated heterocycles. The second kappa shape index (κ2) is 39.2. The first-order chi connectivity index (χ1) is 25.3. The molecule has 0 saturated carbocycles. The number of unbranched alkanes of at least 4 members (excludes halogenated alkanes) is 29. The minimum atomic E-state index is -4.77. The highest BCUT2D eigenvalue weighted by molar-refractivity contribution is 7.46. The molecule has 0 fully saturated rings. The van der Waals surface area contributed by atoms with Crippen LogP contribution in [0.2, 0.25) is 0 Å². The molecule has 0 aromatic heterocycles. The summed E-state index contributed by atoms with van der Waals surface area (Å²) in [6, 6.07) is 0. The van der Waals surface area contributed by atoms with E-state index in [4.69, 9.17) is 19.3 Å². The van der Waals surface area contributed by atoms with Crippen LogP contribution in [0.1, 0.15) is 219 Å². The van der Waals surface area contributed by atoms with Crippen LogP contribution < -0.4 is 0 Å². The predicted molar refractivity (Wildman–Crippen MR) is 216 cm³/mol. The highest BCUT2D eigenvalue weighted by Crippen LogP contribution is 2.36. The molecule has 0 aromatic rings. The first-order valence-corrected chi connectivity index (χ1v) is 23.2. The van der Waals surface area contributed by atoms with Crippen molar-refractivity contribution in [3.63, 3.8) is 0 Å². The summed E-state index contributed by atoms with van der Waals surface area (Å²) in [7, 11) is -4.77. The Balaban J connectivity index is 3.94. The van der Waals surface area contributed by atoms with Gasteiger partial charge < -0.3 is 19.3 Å². The Labute approximate surface area is 319 Å². The summed E-state index contributed by atoms with van der Waals surface area (Å²) < 4.78 is 26.2. The first-order valence-electron chi connectivity index (χ1n) is 21.7. The van der Waals surface area contributed by atoms with E-state index in [-0.39, 0.29) is 13.0 Å². The minimum Gasteiger partial charge on any atom is -0.458 e. The maximum absolute atomic E-state index is 12.4. The Morgan fingerprint density at radius 3 is 1.33 bits per heavy atom. The smallest absolute Gasteiger partial charge is 0.458 e. The van der Waals surface area contributed by atoms with Crippen molar-refractivity contribution in [3.8, 4) is 0 Å². The summed E-state index contributed by atoms with van der Waals surface area (Å²) in [5, 5.41) is 0. The Morgan fingerprint density at radius 2 is 0.923 bits per heavy atom. The fourth-order valence-electron chi connectivity index (χ4n) is 6.35. The summed E-state index contributed by atoms with van der Waals surface area (Å²) in [6.07, 6.45) is 45.3. The summed E-state index contributed by atoms with van der Waals surface area (Å²) in [5.74, 6) is -1.13. The molecule has 0 heterocycles. The van der Waals surface area contributed by atoms with Gasteiger partial charge in [0.25, 0.3) is 0 Å². The van der Waals surface area contributed by atoms with Gasteiger partial charge in [-0.2, -0.15) is 0 Å². The summed E-state index contributed by atoms with van der Waals surface area (Å²) >= 11 is 0. The lowest BCUT2D eigenvalue weighted by Gasteiger charge is -2.18. The van der Waals surface area contributed by atoms with Crippen LogP contribution in [0.4, 0.5) is 0 Å². The van der Waals surface area contributed by atoms with Crippen molar-refractivity contribution in [2.45, 2.75) is 225 Å². The average molecular weight is 757 g/mol. The molecule has 0 unspecified atom stereocenters. The van der Waals surface area contributed by atoms with Gasteiger partial charge in [0.2, 0.25) is 0 Å². The van der Waals surface area contributed by atoms with Crippen molar-refractivity contribution in [1.82, 2.24) is 0 Å². The van der Waals surface area contributed by atoms with Crippen molar-refractivity contribution in [1.29, 1.82) is 0 Å². The molecule has 0 spiro atoms. The molecule has 0 aliphatic carbocycles.